The molecule has 1 amide bonds. The highest BCUT2D eigenvalue weighted by atomic mass is 16.2. The SMILES string of the molecule is O=C(c1ccc(Cn2cccn2)cc1)N1CCCC(c2nc3ccccc3[nH]2)C1. The zero-order valence-corrected chi connectivity index (χ0v) is 16.2. The number of likely N-dealkylation sites (tertiary alicyclic amines) is 1. The summed E-state index contributed by atoms with van der Waals surface area (Å²) < 4.78 is 1.87. The average Bonchev–Trinajstić information content (AvgIpc) is 3.43. The molecule has 0 spiro atoms. The predicted octanol–water partition coefficient (Wildman–Crippen LogP) is 3.83. The number of aromatic amines is 1. The minimum Gasteiger partial charge on any atom is -0.342 e. The number of hydrogen-bond donors (Lipinski definition) is 1. The standard InChI is InChI=1S/C23H23N5O/c29-23(18-10-8-17(9-11-18)15-28-14-4-12-24-28)27-13-3-5-19(16-27)22-25-20-6-1-2-7-21(20)26-22/h1-2,4,6-12,14,19H,3,5,13,15-16H2,(H,25,26). The van der Waals surface area contributed by atoms with E-state index in [0.29, 0.717) is 13.1 Å². The van der Waals surface area contributed by atoms with Crippen LogP contribution in [-0.4, -0.2) is 43.6 Å². The Labute approximate surface area is 169 Å². The zero-order valence-electron chi connectivity index (χ0n) is 16.2. The number of hydrogen-bond acceptors (Lipinski definition) is 3. The summed E-state index contributed by atoms with van der Waals surface area (Å²) in [6, 6.07) is 17.8. The van der Waals surface area contributed by atoms with E-state index in [0.717, 1.165) is 47.4 Å². The van der Waals surface area contributed by atoms with E-state index in [9.17, 15) is 4.79 Å². The average molecular weight is 385 g/mol. The van der Waals surface area contributed by atoms with Crippen LogP contribution in [0, 0.1) is 0 Å². The van der Waals surface area contributed by atoms with Crippen molar-refractivity contribution in [2.45, 2.75) is 25.3 Å². The normalized spacial score (nSPS) is 17.0. The molecule has 6 nitrogen and oxygen atoms in total. The predicted molar refractivity (Wildman–Crippen MR) is 112 cm³/mol. The number of carbonyl (C=O) groups is 1. The Kier molecular flexibility index (Phi) is 4.60. The Balaban J connectivity index is 1.29. The highest BCUT2D eigenvalue weighted by Gasteiger charge is 2.27. The number of aromatic nitrogens is 4. The van der Waals surface area contributed by atoms with Gasteiger partial charge in [-0.2, -0.15) is 5.10 Å². The fraction of sp³-hybridized carbons (Fsp3) is 0.261. The van der Waals surface area contributed by atoms with Gasteiger partial charge in [0.25, 0.3) is 5.91 Å². The second-order valence-corrected chi connectivity index (χ2v) is 7.63. The molecule has 29 heavy (non-hydrogen) atoms. The topological polar surface area (TPSA) is 66.8 Å². The molecule has 0 saturated carbocycles. The van der Waals surface area contributed by atoms with Crippen molar-refractivity contribution in [3.8, 4) is 0 Å². The molecule has 1 atom stereocenters. The van der Waals surface area contributed by atoms with E-state index in [-0.39, 0.29) is 11.8 Å². The second kappa shape index (κ2) is 7.54. The number of H-pyrrole nitrogens is 1. The summed E-state index contributed by atoms with van der Waals surface area (Å²) in [5.41, 5.74) is 3.90. The highest BCUT2D eigenvalue weighted by molar-refractivity contribution is 5.94. The largest absolute Gasteiger partial charge is 0.342 e. The number of rotatable bonds is 4. The van der Waals surface area contributed by atoms with E-state index in [2.05, 4.69) is 10.1 Å². The number of nitrogens with one attached hydrogen (secondary N) is 1. The summed E-state index contributed by atoms with van der Waals surface area (Å²) >= 11 is 0. The quantitative estimate of drug-likeness (QED) is 0.581. The molecule has 0 radical (unpaired) electrons. The molecule has 1 unspecified atom stereocenters. The van der Waals surface area contributed by atoms with Gasteiger partial charge < -0.3 is 9.88 Å². The number of amides is 1. The van der Waals surface area contributed by atoms with Crippen LogP contribution in [0.2, 0.25) is 0 Å². The maximum absolute atomic E-state index is 13.1. The third-order valence-corrected chi connectivity index (χ3v) is 5.61. The number of imidazole rings is 1. The molecule has 6 heteroatoms. The van der Waals surface area contributed by atoms with Crippen LogP contribution in [0.25, 0.3) is 11.0 Å². The van der Waals surface area contributed by atoms with Crippen molar-refractivity contribution in [2.24, 2.45) is 0 Å². The second-order valence-electron chi connectivity index (χ2n) is 7.63. The molecule has 1 aliphatic rings. The highest BCUT2D eigenvalue weighted by Crippen LogP contribution is 2.27. The van der Waals surface area contributed by atoms with Crippen LogP contribution in [0.4, 0.5) is 0 Å². The first-order valence-electron chi connectivity index (χ1n) is 10.1. The Hall–Kier alpha value is -3.41. The molecule has 5 rings (SSSR count). The van der Waals surface area contributed by atoms with Gasteiger partial charge in [0, 0.05) is 37.0 Å². The Morgan fingerprint density at radius 2 is 1.97 bits per heavy atom. The number of fused-ring (bicyclic) bond motifs is 1. The van der Waals surface area contributed by atoms with Crippen molar-refractivity contribution >= 4 is 16.9 Å². The van der Waals surface area contributed by atoms with E-state index in [4.69, 9.17) is 4.98 Å². The Morgan fingerprint density at radius 3 is 2.76 bits per heavy atom. The fourth-order valence-electron chi connectivity index (χ4n) is 4.07. The molecule has 0 bridgehead atoms. The maximum Gasteiger partial charge on any atom is 0.253 e. The molecule has 1 fully saturated rings. The Bertz CT molecular complexity index is 1080. The summed E-state index contributed by atoms with van der Waals surface area (Å²) in [7, 11) is 0. The first-order chi connectivity index (χ1) is 14.3. The van der Waals surface area contributed by atoms with Crippen molar-refractivity contribution in [1.29, 1.82) is 0 Å². The van der Waals surface area contributed by atoms with Gasteiger partial charge in [-0.25, -0.2) is 4.98 Å². The van der Waals surface area contributed by atoms with E-state index < -0.39 is 0 Å². The summed E-state index contributed by atoms with van der Waals surface area (Å²) in [6.45, 7) is 2.21. The molecule has 1 N–H and O–H groups in total. The van der Waals surface area contributed by atoms with Crippen LogP contribution in [0.1, 0.15) is 40.5 Å². The van der Waals surface area contributed by atoms with Gasteiger partial charge in [0.15, 0.2) is 0 Å². The van der Waals surface area contributed by atoms with E-state index in [1.54, 1.807) is 6.20 Å². The summed E-state index contributed by atoms with van der Waals surface area (Å²) in [5, 5.41) is 4.23. The van der Waals surface area contributed by atoms with Gasteiger partial charge in [-0.05, 0) is 48.7 Å². The number of benzene rings is 2. The molecule has 4 aromatic rings. The van der Waals surface area contributed by atoms with Crippen molar-refractivity contribution in [1.82, 2.24) is 24.6 Å². The van der Waals surface area contributed by atoms with Crippen LogP contribution in [0.15, 0.2) is 67.0 Å². The van der Waals surface area contributed by atoms with Gasteiger partial charge in [-0.1, -0.05) is 24.3 Å². The van der Waals surface area contributed by atoms with Crippen LogP contribution in [0.3, 0.4) is 0 Å². The fourth-order valence-corrected chi connectivity index (χ4v) is 4.07. The summed E-state index contributed by atoms with van der Waals surface area (Å²) in [4.78, 5) is 23.2. The van der Waals surface area contributed by atoms with Crippen molar-refractivity contribution < 1.29 is 4.79 Å². The first kappa shape index (κ1) is 17.7. The number of nitrogens with zero attached hydrogens (tertiary/aromatic N) is 4. The lowest BCUT2D eigenvalue weighted by Gasteiger charge is -2.32. The van der Waals surface area contributed by atoms with Gasteiger partial charge in [0.2, 0.25) is 0 Å². The summed E-state index contributed by atoms with van der Waals surface area (Å²) in [5.74, 6) is 1.33. The molecular formula is C23H23N5O. The van der Waals surface area contributed by atoms with E-state index in [1.807, 2.05) is 70.4 Å². The van der Waals surface area contributed by atoms with Crippen molar-refractivity contribution in [3.05, 3.63) is 83.9 Å². The van der Waals surface area contributed by atoms with Crippen LogP contribution in [-0.2, 0) is 6.54 Å². The number of carbonyl (C=O) groups excluding carboxylic acids is 1. The molecule has 3 heterocycles. The third-order valence-electron chi connectivity index (χ3n) is 5.61. The molecule has 146 valence electrons. The molecule has 1 saturated heterocycles. The van der Waals surface area contributed by atoms with Gasteiger partial charge in [-0.3, -0.25) is 9.48 Å². The molecular weight excluding hydrogens is 362 g/mol. The van der Waals surface area contributed by atoms with Crippen molar-refractivity contribution in [2.75, 3.05) is 13.1 Å². The lowest BCUT2D eigenvalue weighted by molar-refractivity contribution is 0.0705. The zero-order chi connectivity index (χ0) is 19.6. The van der Waals surface area contributed by atoms with Crippen LogP contribution in [0.5, 0.6) is 0 Å². The van der Waals surface area contributed by atoms with Gasteiger partial charge >= 0.3 is 0 Å². The lowest BCUT2D eigenvalue weighted by atomic mass is 9.96. The number of piperidine rings is 1. The van der Waals surface area contributed by atoms with Crippen molar-refractivity contribution in [3.63, 3.8) is 0 Å². The molecule has 1 aliphatic heterocycles. The maximum atomic E-state index is 13.1. The summed E-state index contributed by atoms with van der Waals surface area (Å²) in [6.07, 6.45) is 5.74. The first-order valence-corrected chi connectivity index (χ1v) is 10.1. The lowest BCUT2D eigenvalue weighted by Crippen LogP contribution is -2.39. The van der Waals surface area contributed by atoms with Gasteiger partial charge in [0.1, 0.15) is 5.82 Å². The Morgan fingerprint density at radius 1 is 1.10 bits per heavy atom. The third kappa shape index (κ3) is 3.66. The van der Waals surface area contributed by atoms with Gasteiger partial charge in [0.05, 0.1) is 17.6 Å². The molecule has 2 aromatic heterocycles. The number of para-hydroxylation sites is 2. The van der Waals surface area contributed by atoms with Crippen LogP contribution < -0.4 is 0 Å². The van der Waals surface area contributed by atoms with Crippen LogP contribution >= 0.6 is 0 Å². The monoisotopic (exact) mass is 385 g/mol. The minimum absolute atomic E-state index is 0.0939. The molecule has 0 aliphatic carbocycles. The molecule has 2 aromatic carbocycles. The minimum atomic E-state index is 0.0939. The van der Waals surface area contributed by atoms with E-state index >= 15 is 0 Å². The van der Waals surface area contributed by atoms with E-state index in [1.165, 1.54) is 0 Å². The smallest absolute Gasteiger partial charge is 0.253 e. The van der Waals surface area contributed by atoms with Gasteiger partial charge in [-0.15, -0.1) is 0 Å².